The summed E-state index contributed by atoms with van der Waals surface area (Å²) < 4.78 is 28.6. The Kier molecular flexibility index (Phi) is 6.12. The molecule has 168 valence electrons. The molecule has 0 spiro atoms. The molecule has 7 nitrogen and oxygen atoms in total. The normalized spacial score (nSPS) is 10.9. The number of anilines is 1. The van der Waals surface area contributed by atoms with Gasteiger partial charge in [-0.25, -0.2) is 23.7 Å². The molecule has 5 rings (SSSR count). The van der Waals surface area contributed by atoms with Gasteiger partial charge in [-0.1, -0.05) is 31.5 Å². The molecule has 33 heavy (non-hydrogen) atoms. The summed E-state index contributed by atoms with van der Waals surface area (Å²) in [6, 6.07) is 10.8. The summed E-state index contributed by atoms with van der Waals surface area (Å²) in [5, 5.41) is 1.43. The van der Waals surface area contributed by atoms with E-state index in [0.717, 1.165) is 29.1 Å². The number of hydrogen-bond acceptors (Lipinski definition) is 5. The third-order valence-corrected chi connectivity index (χ3v) is 5.20. The van der Waals surface area contributed by atoms with Crippen molar-refractivity contribution in [2.45, 2.75) is 26.7 Å². The molecule has 3 heterocycles. The van der Waals surface area contributed by atoms with Crippen molar-refractivity contribution in [2.75, 3.05) is 5.73 Å². The molecule has 3 aromatic heterocycles. The van der Waals surface area contributed by atoms with Crippen LogP contribution in [0.4, 0.5) is 14.6 Å². The first-order chi connectivity index (χ1) is 15.9. The number of hydrogen-bond donors (Lipinski definition) is 2. The SMILES string of the molecule is CCCc1cc2cccc(C)c2c(=O)n1-c1cc(F)cc(F)c1.Nc1ncnc2nc[nH]c12. The summed E-state index contributed by atoms with van der Waals surface area (Å²) in [4.78, 5) is 27.3. The van der Waals surface area contributed by atoms with Crippen molar-refractivity contribution >= 4 is 27.8 Å². The Bertz CT molecular complexity index is 1490. The van der Waals surface area contributed by atoms with E-state index in [4.69, 9.17) is 5.73 Å². The van der Waals surface area contributed by atoms with Crippen molar-refractivity contribution in [3.63, 3.8) is 0 Å². The monoisotopic (exact) mass is 448 g/mol. The molecule has 0 atom stereocenters. The van der Waals surface area contributed by atoms with E-state index in [1.807, 2.05) is 38.1 Å². The molecule has 0 amide bonds. The second-order valence-corrected chi connectivity index (χ2v) is 7.55. The lowest BCUT2D eigenvalue weighted by Crippen LogP contribution is -2.23. The summed E-state index contributed by atoms with van der Waals surface area (Å²) >= 11 is 0. The molecule has 0 fully saturated rings. The van der Waals surface area contributed by atoms with Gasteiger partial charge in [-0.3, -0.25) is 9.36 Å². The molecule has 0 aliphatic rings. The van der Waals surface area contributed by atoms with Crippen molar-refractivity contribution in [3.05, 3.63) is 88.4 Å². The molecule has 0 unspecified atom stereocenters. The van der Waals surface area contributed by atoms with Crippen LogP contribution in [0.15, 0.2) is 59.9 Å². The summed E-state index contributed by atoms with van der Waals surface area (Å²) in [5.41, 5.74) is 8.36. The number of aryl methyl sites for hydroxylation is 2. The predicted molar refractivity (Wildman–Crippen MR) is 124 cm³/mol. The number of fused-ring (bicyclic) bond motifs is 2. The smallest absolute Gasteiger partial charge is 0.263 e. The second kappa shape index (κ2) is 9.15. The molecule has 3 N–H and O–H groups in total. The third kappa shape index (κ3) is 4.43. The molecule has 5 aromatic rings. The lowest BCUT2D eigenvalue weighted by atomic mass is 10.0. The number of halogens is 2. The number of benzene rings is 2. The Morgan fingerprint density at radius 1 is 1.06 bits per heavy atom. The third-order valence-electron chi connectivity index (χ3n) is 5.20. The highest BCUT2D eigenvalue weighted by Crippen LogP contribution is 2.21. The fourth-order valence-corrected chi connectivity index (χ4v) is 3.76. The number of nitrogens with one attached hydrogen (secondary N) is 1. The van der Waals surface area contributed by atoms with Crippen molar-refractivity contribution in [1.29, 1.82) is 0 Å². The van der Waals surface area contributed by atoms with E-state index in [2.05, 4.69) is 19.9 Å². The van der Waals surface area contributed by atoms with Crippen molar-refractivity contribution < 1.29 is 8.78 Å². The van der Waals surface area contributed by atoms with Crippen molar-refractivity contribution in [1.82, 2.24) is 24.5 Å². The van der Waals surface area contributed by atoms with Crippen LogP contribution in [-0.2, 0) is 6.42 Å². The number of nitrogens with two attached hydrogens (primary N) is 1. The first-order valence-corrected chi connectivity index (χ1v) is 10.4. The zero-order chi connectivity index (χ0) is 23.5. The molecule has 0 saturated carbocycles. The van der Waals surface area contributed by atoms with Crippen LogP contribution in [-0.4, -0.2) is 24.5 Å². The topological polar surface area (TPSA) is 102 Å². The number of H-pyrrole nitrogens is 1. The molecule has 0 saturated heterocycles. The summed E-state index contributed by atoms with van der Waals surface area (Å²) in [7, 11) is 0. The number of rotatable bonds is 3. The zero-order valence-electron chi connectivity index (χ0n) is 18.1. The van der Waals surface area contributed by atoms with E-state index in [1.165, 1.54) is 29.4 Å². The number of nitrogens with zero attached hydrogens (tertiary/aromatic N) is 4. The van der Waals surface area contributed by atoms with Crippen LogP contribution < -0.4 is 11.3 Å². The summed E-state index contributed by atoms with van der Waals surface area (Å²) in [5.74, 6) is -0.957. The lowest BCUT2D eigenvalue weighted by Gasteiger charge is -2.15. The maximum atomic E-state index is 13.6. The first-order valence-electron chi connectivity index (χ1n) is 10.4. The number of pyridine rings is 1. The van der Waals surface area contributed by atoms with E-state index in [-0.39, 0.29) is 11.2 Å². The summed E-state index contributed by atoms with van der Waals surface area (Å²) in [6.45, 7) is 3.86. The van der Waals surface area contributed by atoms with Crippen LogP contribution in [0.25, 0.3) is 27.6 Å². The van der Waals surface area contributed by atoms with Gasteiger partial charge < -0.3 is 10.7 Å². The van der Waals surface area contributed by atoms with Crippen LogP contribution in [0.5, 0.6) is 0 Å². The molecule has 0 bridgehead atoms. The van der Waals surface area contributed by atoms with Gasteiger partial charge in [0.1, 0.15) is 23.5 Å². The van der Waals surface area contributed by atoms with Gasteiger partial charge in [-0.05, 0) is 42.5 Å². The average Bonchev–Trinajstić information content (AvgIpc) is 3.24. The van der Waals surface area contributed by atoms with Gasteiger partial charge in [0.25, 0.3) is 5.56 Å². The quantitative estimate of drug-likeness (QED) is 0.424. The highest BCUT2D eigenvalue weighted by molar-refractivity contribution is 5.85. The van der Waals surface area contributed by atoms with Gasteiger partial charge in [0.15, 0.2) is 11.5 Å². The minimum absolute atomic E-state index is 0.223. The maximum absolute atomic E-state index is 13.6. The largest absolute Gasteiger partial charge is 0.382 e. The Morgan fingerprint density at radius 3 is 2.52 bits per heavy atom. The van der Waals surface area contributed by atoms with Gasteiger partial charge in [0, 0.05) is 11.8 Å². The van der Waals surface area contributed by atoms with Crippen LogP contribution in [0.3, 0.4) is 0 Å². The average molecular weight is 448 g/mol. The molecule has 0 radical (unpaired) electrons. The Morgan fingerprint density at radius 2 is 1.82 bits per heavy atom. The lowest BCUT2D eigenvalue weighted by molar-refractivity contribution is 0.580. The predicted octanol–water partition coefficient (Wildman–Crippen LogP) is 4.46. The minimum atomic E-state index is -0.695. The van der Waals surface area contributed by atoms with Crippen molar-refractivity contribution in [3.8, 4) is 5.69 Å². The Hall–Kier alpha value is -4.14. The Balaban J connectivity index is 0.000000214. The van der Waals surface area contributed by atoms with Crippen LogP contribution in [0.2, 0.25) is 0 Å². The maximum Gasteiger partial charge on any atom is 0.263 e. The fourth-order valence-electron chi connectivity index (χ4n) is 3.76. The Labute approximate surface area is 188 Å². The number of aromatic amines is 1. The van der Waals surface area contributed by atoms with Gasteiger partial charge >= 0.3 is 0 Å². The highest BCUT2D eigenvalue weighted by atomic mass is 19.1. The second-order valence-electron chi connectivity index (χ2n) is 7.55. The van der Waals surface area contributed by atoms with E-state index in [0.29, 0.717) is 28.8 Å². The van der Waals surface area contributed by atoms with E-state index in [1.54, 1.807) is 0 Å². The van der Waals surface area contributed by atoms with Crippen molar-refractivity contribution in [2.24, 2.45) is 0 Å². The number of imidazole rings is 1. The number of aromatic nitrogens is 5. The van der Waals surface area contributed by atoms with Gasteiger partial charge in [-0.15, -0.1) is 0 Å². The zero-order valence-corrected chi connectivity index (χ0v) is 18.1. The van der Waals surface area contributed by atoms with E-state index in [9.17, 15) is 13.6 Å². The van der Waals surface area contributed by atoms with Gasteiger partial charge in [-0.2, -0.15) is 0 Å². The highest BCUT2D eigenvalue weighted by Gasteiger charge is 2.13. The van der Waals surface area contributed by atoms with Gasteiger partial charge in [0.2, 0.25) is 0 Å². The van der Waals surface area contributed by atoms with Crippen LogP contribution >= 0.6 is 0 Å². The number of nitrogen functional groups attached to an aromatic ring is 1. The van der Waals surface area contributed by atoms with Crippen LogP contribution in [0, 0.1) is 18.6 Å². The molecule has 0 aliphatic heterocycles. The van der Waals surface area contributed by atoms with E-state index >= 15 is 0 Å². The molecular weight excluding hydrogens is 426 g/mol. The van der Waals surface area contributed by atoms with Crippen LogP contribution in [0.1, 0.15) is 24.6 Å². The minimum Gasteiger partial charge on any atom is -0.382 e. The summed E-state index contributed by atoms with van der Waals surface area (Å²) in [6.07, 6.45) is 4.40. The van der Waals surface area contributed by atoms with Gasteiger partial charge in [0.05, 0.1) is 17.4 Å². The molecular formula is C24H22F2N6O. The standard InChI is InChI=1S/C19H17F2NO.C5H5N5/c1-3-5-16-8-13-7-4-6-12(2)18(13)19(23)22(16)17-10-14(20)9-15(21)11-17;6-4-3-5(9-1-7-3)10-2-8-4/h4,6-11H,3,5H2,1-2H3;1-2H,(H3,6,7,8,9,10). The molecule has 2 aromatic carbocycles. The first kappa shape index (κ1) is 22.1. The molecule has 9 heteroatoms. The fraction of sp³-hybridized carbons (Fsp3) is 0.167. The van der Waals surface area contributed by atoms with E-state index < -0.39 is 11.6 Å². The molecule has 0 aliphatic carbocycles.